The molecule has 1 atom stereocenters. The maximum Gasteiger partial charge on any atom is 0.309 e. The van der Waals surface area contributed by atoms with Crippen LogP contribution in [0.15, 0.2) is 12.2 Å². The van der Waals surface area contributed by atoms with E-state index in [9.17, 15) is 19.8 Å². The van der Waals surface area contributed by atoms with E-state index in [1.807, 2.05) is 6.08 Å². The number of unbranched alkanes of at least 4 members (excludes halogenated alkanes) is 17. The predicted molar refractivity (Wildman–Crippen MR) is 194 cm³/mol. The second-order valence-electron chi connectivity index (χ2n) is 13.0. The Bertz CT molecular complexity index is 727. The Balaban J connectivity index is 4.32. The van der Waals surface area contributed by atoms with Gasteiger partial charge in [-0.05, 0) is 19.3 Å². The van der Waals surface area contributed by atoms with Crippen LogP contribution in [0.25, 0.3) is 0 Å². The highest BCUT2D eigenvalue weighted by Gasteiger charge is 2.23. The Morgan fingerprint density at radius 1 is 0.542 bits per heavy atom. The molecule has 48 heavy (non-hydrogen) atoms. The van der Waals surface area contributed by atoms with Gasteiger partial charge in [-0.15, -0.1) is 0 Å². The molecule has 0 saturated heterocycles. The summed E-state index contributed by atoms with van der Waals surface area (Å²) >= 11 is 0. The van der Waals surface area contributed by atoms with Gasteiger partial charge in [0.15, 0.2) is 0 Å². The van der Waals surface area contributed by atoms with Crippen molar-refractivity contribution in [2.24, 2.45) is 5.92 Å². The number of hydrogen-bond acceptors (Lipinski definition) is 10. The quantitative estimate of drug-likeness (QED) is 0.0369. The van der Waals surface area contributed by atoms with Gasteiger partial charge >= 0.3 is 11.9 Å². The highest BCUT2D eigenvalue weighted by molar-refractivity contribution is 5.80. The van der Waals surface area contributed by atoms with Crippen LogP contribution in [0.3, 0.4) is 0 Å². The Morgan fingerprint density at radius 2 is 0.938 bits per heavy atom. The van der Waals surface area contributed by atoms with Crippen LogP contribution >= 0.6 is 0 Å². The lowest BCUT2D eigenvalue weighted by Gasteiger charge is -2.21. The average Bonchev–Trinajstić information content (AvgIpc) is 3.07. The van der Waals surface area contributed by atoms with E-state index in [-0.39, 0.29) is 46.1 Å². The van der Waals surface area contributed by atoms with E-state index in [0.29, 0.717) is 45.7 Å². The first-order chi connectivity index (χ1) is 23.5. The molecule has 0 aromatic rings. The molecule has 0 aromatic carbocycles. The summed E-state index contributed by atoms with van der Waals surface area (Å²) in [6.07, 6.45) is 28.1. The number of rotatable bonds is 37. The summed E-state index contributed by atoms with van der Waals surface area (Å²) in [4.78, 5) is 29.1. The summed E-state index contributed by atoms with van der Waals surface area (Å²) in [6.45, 7) is 4.52. The molecule has 0 saturated carbocycles. The number of carbonyl (C=O) groups excluding carboxylic acids is 2. The third-order valence-electron chi connectivity index (χ3n) is 8.80. The van der Waals surface area contributed by atoms with Crippen molar-refractivity contribution in [3.63, 3.8) is 0 Å². The summed E-state index contributed by atoms with van der Waals surface area (Å²) in [5.74, 6) is -1.63. The largest absolute Gasteiger partial charge is 0.464 e. The van der Waals surface area contributed by atoms with Crippen LogP contribution in [-0.4, -0.2) is 121 Å². The van der Waals surface area contributed by atoms with Gasteiger partial charge in [-0.25, -0.2) is 0 Å². The zero-order valence-corrected chi connectivity index (χ0v) is 30.7. The molecule has 10 nitrogen and oxygen atoms in total. The molecule has 0 heterocycles. The van der Waals surface area contributed by atoms with E-state index in [1.54, 1.807) is 9.80 Å². The zero-order chi connectivity index (χ0) is 35.3. The molecule has 0 aliphatic rings. The molecule has 4 N–H and O–H groups in total. The van der Waals surface area contributed by atoms with Crippen LogP contribution in [-0.2, 0) is 19.1 Å². The molecule has 1 unspecified atom stereocenters. The van der Waals surface area contributed by atoms with Crippen molar-refractivity contribution in [3.05, 3.63) is 12.2 Å². The fourth-order valence-corrected chi connectivity index (χ4v) is 5.81. The second kappa shape index (κ2) is 36.7. The molecule has 0 aliphatic heterocycles. The van der Waals surface area contributed by atoms with Gasteiger partial charge in [-0.2, -0.15) is 0 Å². The highest BCUT2D eigenvalue weighted by Crippen LogP contribution is 2.16. The number of ether oxygens (including phenoxy) is 2. The summed E-state index contributed by atoms with van der Waals surface area (Å²) in [5.41, 5.74) is 0. The minimum Gasteiger partial charge on any atom is -0.464 e. The predicted octanol–water partition coefficient (Wildman–Crippen LogP) is 5.64. The van der Waals surface area contributed by atoms with Crippen LogP contribution in [0.5, 0.6) is 0 Å². The van der Waals surface area contributed by atoms with Gasteiger partial charge in [-0.1, -0.05) is 122 Å². The van der Waals surface area contributed by atoms with E-state index < -0.39 is 17.9 Å². The number of nitrogens with zero attached hydrogens (tertiary/aromatic N) is 2. The molecule has 0 spiro atoms. The summed E-state index contributed by atoms with van der Waals surface area (Å²) in [5, 5.41) is 36.7. The molecule has 0 bridgehead atoms. The standard InChI is InChI=1S/C38H74N2O8/c1-2-3-4-5-6-7-8-9-10-11-12-13-14-15-16-17-18-19-20-21-22-36(38(46)48-34-28-40(25-31-43)26-32-44)35-37(45)47-33-27-39(23-29-41)24-30-42/h20-21,36,41-44H,2-19,22-35H2,1H3. The van der Waals surface area contributed by atoms with Crippen molar-refractivity contribution in [1.82, 2.24) is 9.80 Å². The first-order valence-corrected chi connectivity index (χ1v) is 19.4. The van der Waals surface area contributed by atoms with Crippen molar-refractivity contribution >= 4 is 11.9 Å². The third-order valence-corrected chi connectivity index (χ3v) is 8.80. The number of aliphatic hydroxyl groups excluding tert-OH is 4. The van der Waals surface area contributed by atoms with Crippen LogP contribution < -0.4 is 0 Å². The van der Waals surface area contributed by atoms with Crippen LogP contribution in [0.2, 0.25) is 0 Å². The van der Waals surface area contributed by atoms with E-state index in [1.165, 1.54) is 103 Å². The number of esters is 2. The zero-order valence-electron chi connectivity index (χ0n) is 30.7. The van der Waals surface area contributed by atoms with Crippen LogP contribution in [0, 0.1) is 5.92 Å². The Morgan fingerprint density at radius 3 is 1.35 bits per heavy atom. The molecule has 0 aliphatic carbocycles. The maximum atomic E-state index is 12.9. The fraction of sp³-hybridized carbons (Fsp3) is 0.895. The van der Waals surface area contributed by atoms with Gasteiger partial charge in [-0.3, -0.25) is 19.4 Å². The lowest BCUT2D eigenvalue weighted by molar-refractivity contribution is -0.155. The molecule has 0 fully saturated rings. The highest BCUT2D eigenvalue weighted by atomic mass is 16.5. The molecular weight excluding hydrogens is 612 g/mol. The van der Waals surface area contributed by atoms with Crippen molar-refractivity contribution in [1.29, 1.82) is 0 Å². The monoisotopic (exact) mass is 687 g/mol. The summed E-state index contributed by atoms with van der Waals surface area (Å²) in [6, 6.07) is 0. The van der Waals surface area contributed by atoms with Crippen molar-refractivity contribution in [2.75, 3.05) is 78.9 Å². The second-order valence-corrected chi connectivity index (χ2v) is 13.0. The molecule has 10 heteroatoms. The summed E-state index contributed by atoms with van der Waals surface area (Å²) in [7, 11) is 0. The van der Waals surface area contributed by atoms with Crippen LogP contribution in [0.1, 0.15) is 135 Å². The molecule has 0 aromatic heterocycles. The molecular formula is C38H74N2O8. The summed E-state index contributed by atoms with van der Waals surface area (Å²) < 4.78 is 10.8. The van der Waals surface area contributed by atoms with Gasteiger partial charge in [0, 0.05) is 39.3 Å². The topological polar surface area (TPSA) is 140 Å². The number of hydrogen-bond donors (Lipinski definition) is 4. The van der Waals surface area contributed by atoms with Gasteiger partial charge in [0.05, 0.1) is 38.8 Å². The van der Waals surface area contributed by atoms with Crippen molar-refractivity contribution in [2.45, 2.75) is 135 Å². The van der Waals surface area contributed by atoms with E-state index in [0.717, 1.165) is 12.8 Å². The van der Waals surface area contributed by atoms with Crippen LogP contribution in [0.4, 0.5) is 0 Å². The lowest BCUT2D eigenvalue weighted by Crippen LogP contribution is -2.34. The Hall–Kier alpha value is -1.56. The van der Waals surface area contributed by atoms with Gasteiger partial charge in [0.2, 0.25) is 0 Å². The van der Waals surface area contributed by atoms with Gasteiger partial charge in [0.1, 0.15) is 13.2 Å². The van der Waals surface area contributed by atoms with Crippen molar-refractivity contribution in [3.8, 4) is 0 Å². The smallest absolute Gasteiger partial charge is 0.309 e. The minimum atomic E-state index is -0.667. The van der Waals surface area contributed by atoms with E-state index >= 15 is 0 Å². The SMILES string of the molecule is CCCCCCCCCCCCCCCCCCCC=CCC(CC(=O)OCCN(CCO)CCO)C(=O)OCCN(CCO)CCO. The molecule has 0 rings (SSSR count). The Labute approximate surface area is 293 Å². The number of carbonyl (C=O) groups is 2. The first kappa shape index (κ1) is 46.4. The van der Waals surface area contributed by atoms with Gasteiger partial charge in [0.25, 0.3) is 0 Å². The number of aliphatic hydroxyl groups is 4. The molecule has 0 amide bonds. The van der Waals surface area contributed by atoms with Crippen molar-refractivity contribution < 1.29 is 39.5 Å². The van der Waals surface area contributed by atoms with E-state index in [2.05, 4.69) is 13.0 Å². The maximum absolute atomic E-state index is 12.9. The average molecular weight is 687 g/mol. The van der Waals surface area contributed by atoms with Gasteiger partial charge < -0.3 is 29.9 Å². The molecule has 0 radical (unpaired) electrons. The fourth-order valence-electron chi connectivity index (χ4n) is 5.81. The lowest BCUT2D eigenvalue weighted by atomic mass is 10.0. The normalized spacial score (nSPS) is 12.4. The Kier molecular flexibility index (Phi) is 35.5. The third kappa shape index (κ3) is 30.5. The van der Waals surface area contributed by atoms with E-state index in [4.69, 9.17) is 19.7 Å². The molecule has 284 valence electrons. The number of allylic oxidation sites excluding steroid dienone is 2. The first-order valence-electron chi connectivity index (χ1n) is 19.4. The minimum absolute atomic E-state index is 0.0539.